The summed E-state index contributed by atoms with van der Waals surface area (Å²) in [6, 6.07) is 6.70. The second-order valence-electron chi connectivity index (χ2n) is 4.95. The van der Waals surface area contributed by atoms with Gasteiger partial charge < -0.3 is 10.1 Å². The Morgan fingerprint density at radius 1 is 1.20 bits per heavy atom. The van der Waals surface area contributed by atoms with E-state index < -0.39 is 0 Å². The van der Waals surface area contributed by atoms with E-state index in [0.29, 0.717) is 6.04 Å². The first-order chi connectivity index (χ1) is 9.85. The number of hydrogen-bond donors (Lipinski definition) is 1. The lowest BCUT2D eigenvalue weighted by Gasteiger charge is -2.19. The van der Waals surface area contributed by atoms with Crippen LogP contribution >= 0.6 is 0 Å². The molecular formula is C16H23N3O. The van der Waals surface area contributed by atoms with Crippen LogP contribution in [-0.2, 0) is 4.74 Å². The van der Waals surface area contributed by atoms with Gasteiger partial charge in [0, 0.05) is 32.2 Å². The smallest absolute Gasteiger partial charge is 0.0890 e. The Morgan fingerprint density at radius 2 is 2.00 bits per heavy atom. The number of ether oxygens (including phenoxy) is 1. The van der Waals surface area contributed by atoms with E-state index in [9.17, 15) is 0 Å². The van der Waals surface area contributed by atoms with Gasteiger partial charge in [0.2, 0.25) is 0 Å². The van der Waals surface area contributed by atoms with Gasteiger partial charge >= 0.3 is 0 Å². The number of fused-ring (bicyclic) bond motifs is 1. The van der Waals surface area contributed by atoms with Crippen LogP contribution in [0.4, 0.5) is 0 Å². The predicted octanol–water partition coefficient (Wildman–Crippen LogP) is 3.10. The molecule has 0 bridgehead atoms. The molecule has 1 unspecified atom stereocenters. The average Bonchev–Trinajstić information content (AvgIpc) is 2.50. The van der Waals surface area contributed by atoms with Gasteiger partial charge in [-0.2, -0.15) is 0 Å². The second kappa shape index (κ2) is 7.92. The van der Waals surface area contributed by atoms with E-state index in [-0.39, 0.29) is 0 Å². The molecule has 0 aliphatic carbocycles. The van der Waals surface area contributed by atoms with E-state index in [0.717, 1.165) is 43.4 Å². The summed E-state index contributed by atoms with van der Waals surface area (Å²) in [7, 11) is 1.75. The number of aromatic nitrogens is 2. The van der Waals surface area contributed by atoms with E-state index in [1.165, 1.54) is 5.56 Å². The standard InChI is InChI=1S/C16H23N3O/c1-3-8-17-14(5-4-11-20-2)13-6-7-15-16(12-13)19-10-9-18-15/h6-7,9-10,12,14,17H,3-5,8,11H2,1-2H3. The van der Waals surface area contributed by atoms with Crippen molar-refractivity contribution in [3.8, 4) is 0 Å². The van der Waals surface area contributed by atoms with Crippen LogP contribution in [0.5, 0.6) is 0 Å². The van der Waals surface area contributed by atoms with Crippen molar-refractivity contribution in [3.05, 3.63) is 36.2 Å². The molecule has 0 spiro atoms. The van der Waals surface area contributed by atoms with Crippen LogP contribution in [0, 0.1) is 0 Å². The molecule has 1 heterocycles. The van der Waals surface area contributed by atoms with Crippen molar-refractivity contribution in [2.24, 2.45) is 0 Å². The van der Waals surface area contributed by atoms with E-state index >= 15 is 0 Å². The molecule has 4 heteroatoms. The topological polar surface area (TPSA) is 47.0 Å². The molecule has 4 nitrogen and oxygen atoms in total. The molecule has 20 heavy (non-hydrogen) atoms. The van der Waals surface area contributed by atoms with Crippen molar-refractivity contribution in [2.45, 2.75) is 32.2 Å². The van der Waals surface area contributed by atoms with Gasteiger partial charge in [-0.3, -0.25) is 9.97 Å². The predicted molar refractivity (Wildman–Crippen MR) is 81.7 cm³/mol. The lowest BCUT2D eigenvalue weighted by Crippen LogP contribution is -2.22. The van der Waals surface area contributed by atoms with Crippen LogP contribution in [0.1, 0.15) is 37.8 Å². The Morgan fingerprint density at radius 3 is 2.75 bits per heavy atom. The van der Waals surface area contributed by atoms with Gasteiger partial charge in [-0.15, -0.1) is 0 Å². The third kappa shape index (κ3) is 3.99. The van der Waals surface area contributed by atoms with Crippen molar-refractivity contribution < 1.29 is 4.74 Å². The molecule has 0 fully saturated rings. The van der Waals surface area contributed by atoms with Crippen LogP contribution in [0.3, 0.4) is 0 Å². The first-order valence-electron chi connectivity index (χ1n) is 7.28. The normalized spacial score (nSPS) is 12.7. The molecule has 0 amide bonds. The first kappa shape index (κ1) is 14.9. The fourth-order valence-corrected chi connectivity index (χ4v) is 2.33. The van der Waals surface area contributed by atoms with Gasteiger partial charge in [-0.1, -0.05) is 13.0 Å². The fourth-order valence-electron chi connectivity index (χ4n) is 2.33. The highest BCUT2D eigenvalue weighted by atomic mass is 16.5. The minimum Gasteiger partial charge on any atom is -0.385 e. The molecule has 2 aromatic rings. The highest BCUT2D eigenvalue weighted by Crippen LogP contribution is 2.21. The van der Waals surface area contributed by atoms with Crippen molar-refractivity contribution in [3.63, 3.8) is 0 Å². The maximum absolute atomic E-state index is 5.15. The maximum Gasteiger partial charge on any atom is 0.0890 e. The number of benzene rings is 1. The molecular weight excluding hydrogens is 250 g/mol. The molecule has 0 radical (unpaired) electrons. The minimum absolute atomic E-state index is 0.358. The van der Waals surface area contributed by atoms with Gasteiger partial charge in [0.25, 0.3) is 0 Å². The van der Waals surface area contributed by atoms with Crippen LogP contribution < -0.4 is 5.32 Å². The number of nitrogens with zero attached hydrogens (tertiary/aromatic N) is 2. The summed E-state index contributed by atoms with van der Waals surface area (Å²) in [6.07, 6.45) is 6.73. The molecule has 1 aromatic heterocycles. The largest absolute Gasteiger partial charge is 0.385 e. The highest BCUT2D eigenvalue weighted by Gasteiger charge is 2.11. The Kier molecular flexibility index (Phi) is 5.89. The number of methoxy groups -OCH3 is 1. The van der Waals surface area contributed by atoms with Gasteiger partial charge in [0.15, 0.2) is 0 Å². The van der Waals surface area contributed by atoms with Gasteiger partial charge in [0.1, 0.15) is 0 Å². The van der Waals surface area contributed by atoms with Crippen molar-refractivity contribution in [1.82, 2.24) is 15.3 Å². The molecule has 0 saturated carbocycles. The fraction of sp³-hybridized carbons (Fsp3) is 0.500. The molecule has 0 saturated heterocycles. The number of hydrogen-bond acceptors (Lipinski definition) is 4. The Balaban J connectivity index is 2.15. The zero-order chi connectivity index (χ0) is 14.2. The maximum atomic E-state index is 5.15. The molecule has 0 aliphatic heterocycles. The molecule has 1 aromatic carbocycles. The zero-order valence-electron chi connectivity index (χ0n) is 12.3. The average molecular weight is 273 g/mol. The van der Waals surface area contributed by atoms with E-state index in [1.807, 2.05) is 0 Å². The van der Waals surface area contributed by atoms with E-state index in [1.54, 1.807) is 19.5 Å². The number of rotatable bonds is 8. The van der Waals surface area contributed by atoms with Gasteiger partial charge in [-0.25, -0.2) is 0 Å². The Labute approximate surface area is 120 Å². The molecule has 1 N–H and O–H groups in total. The summed E-state index contributed by atoms with van der Waals surface area (Å²) in [5.41, 5.74) is 3.19. The summed E-state index contributed by atoms with van der Waals surface area (Å²) in [5, 5.41) is 3.61. The minimum atomic E-state index is 0.358. The first-order valence-corrected chi connectivity index (χ1v) is 7.28. The Bertz CT molecular complexity index is 530. The van der Waals surface area contributed by atoms with Crippen LogP contribution in [0.25, 0.3) is 11.0 Å². The molecule has 2 rings (SSSR count). The van der Waals surface area contributed by atoms with Crippen molar-refractivity contribution in [2.75, 3.05) is 20.3 Å². The summed E-state index contributed by atoms with van der Waals surface area (Å²) >= 11 is 0. The summed E-state index contributed by atoms with van der Waals surface area (Å²) < 4.78 is 5.15. The van der Waals surface area contributed by atoms with Crippen LogP contribution in [-0.4, -0.2) is 30.2 Å². The van der Waals surface area contributed by atoms with Crippen LogP contribution in [0.15, 0.2) is 30.6 Å². The van der Waals surface area contributed by atoms with Crippen molar-refractivity contribution in [1.29, 1.82) is 0 Å². The second-order valence-corrected chi connectivity index (χ2v) is 4.95. The Hall–Kier alpha value is -1.52. The molecule has 108 valence electrons. The third-order valence-electron chi connectivity index (χ3n) is 3.38. The SMILES string of the molecule is CCCNC(CCCOC)c1ccc2nccnc2c1. The number of nitrogens with one attached hydrogen (secondary N) is 1. The summed E-state index contributed by atoms with van der Waals surface area (Å²) in [6.45, 7) is 4.01. The highest BCUT2D eigenvalue weighted by molar-refractivity contribution is 5.74. The monoisotopic (exact) mass is 273 g/mol. The van der Waals surface area contributed by atoms with E-state index in [2.05, 4.69) is 40.4 Å². The quantitative estimate of drug-likeness (QED) is 0.751. The lowest BCUT2D eigenvalue weighted by atomic mass is 10.0. The lowest BCUT2D eigenvalue weighted by molar-refractivity contribution is 0.188. The zero-order valence-corrected chi connectivity index (χ0v) is 12.3. The van der Waals surface area contributed by atoms with Crippen LogP contribution in [0.2, 0.25) is 0 Å². The third-order valence-corrected chi connectivity index (χ3v) is 3.38. The van der Waals surface area contributed by atoms with Gasteiger partial charge in [0.05, 0.1) is 11.0 Å². The summed E-state index contributed by atoms with van der Waals surface area (Å²) in [5.74, 6) is 0. The molecule has 0 aliphatic rings. The van der Waals surface area contributed by atoms with E-state index in [4.69, 9.17) is 4.74 Å². The van der Waals surface area contributed by atoms with Crippen molar-refractivity contribution >= 4 is 11.0 Å². The summed E-state index contributed by atoms with van der Waals surface area (Å²) in [4.78, 5) is 8.70. The van der Waals surface area contributed by atoms with Gasteiger partial charge in [-0.05, 0) is 43.5 Å². The molecule has 1 atom stereocenters.